The molecule has 0 unspecified atom stereocenters. The van der Waals surface area contributed by atoms with Crippen LogP contribution in [-0.4, -0.2) is 11.9 Å². The number of anilines is 1. The number of carbonyl (C=O) groups excluding carboxylic acids is 2. The van der Waals surface area contributed by atoms with Gasteiger partial charge in [0.15, 0.2) is 0 Å². The summed E-state index contributed by atoms with van der Waals surface area (Å²) in [6.07, 6.45) is 4.52. The summed E-state index contributed by atoms with van der Waals surface area (Å²) < 4.78 is 4.91. The second-order valence-corrected chi connectivity index (χ2v) is 4.60. The van der Waals surface area contributed by atoms with Crippen molar-refractivity contribution in [2.24, 2.45) is 0 Å². The minimum Gasteiger partial charge on any atom is -0.472 e. The lowest BCUT2D eigenvalue weighted by atomic mass is 10.2. The third kappa shape index (κ3) is 2.19. The van der Waals surface area contributed by atoms with Gasteiger partial charge in [0.05, 0.1) is 18.2 Å². The quantitative estimate of drug-likeness (QED) is 0.682. The fraction of sp³-hybridized carbons (Fsp3) is 0. The minimum atomic E-state index is -0.507. The number of benzene rings is 1. The van der Waals surface area contributed by atoms with Crippen molar-refractivity contribution < 1.29 is 14.0 Å². The van der Waals surface area contributed by atoms with E-state index >= 15 is 0 Å². The van der Waals surface area contributed by atoms with Gasteiger partial charge >= 0.3 is 6.03 Å². The number of nitrogens with zero attached hydrogens (tertiary/aromatic N) is 1. The lowest BCUT2D eigenvalue weighted by Crippen LogP contribution is -2.30. The van der Waals surface area contributed by atoms with Crippen LogP contribution in [-0.2, 0) is 4.79 Å². The van der Waals surface area contributed by atoms with Crippen molar-refractivity contribution in [2.45, 2.75) is 0 Å². The van der Waals surface area contributed by atoms with Gasteiger partial charge in [-0.1, -0.05) is 17.7 Å². The number of amides is 3. The number of carbonyl (C=O) groups is 2. The molecule has 0 radical (unpaired) electrons. The third-order valence-electron chi connectivity index (χ3n) is 2.80. The van der Waals surface area contributed by atoms with Crippen molar-refractivity contribution in [3.8, 4) is 0 Å². The molecular weight excluding hydrogens is 280 g/mol. The fourth-order valence-electron chi connectivity index (χ4n) is 1.91. The Morgan fingerprint density at radius 2 is 2.10 bits per heavy atom. The molecule has 3 amide bonds. The molecule has 0 saturated carbocycles. The Morgan fingerprint density at radius 1 is 1.25 bits per heavy atom. The molecule has 6 heteroatoms. The molecule has 5 nitrogen and oxygen atoms in total. The van der Waals surface area contributed by atoms with E-state index in [2.05, 4.69) is 5.32 Å². The highest BCUT2D eigenvalue weighted by molar-refractivity contribution is 6.32. The lowest BCUT2D eigenvalue weighted by Gasteiger charge is -2.11. The standard InChI is InChI=1S/C14H9ClN2O3/c15-10-2-1-3-11(7-10)17-13(18)12(16-14(17)19)6-9-4-5-20-8-9/h1-8H,(H,16,19)/b12-6+. The average molecular weight is 289 g/mol. The van der Waals surface area contributed by atoms with Crippen molar-refractivity contribution in [1.82, 2.24) is 5.32 Å². The Kier molecular flexibility index (Phi) is 3.04. The van der Waals surface area contributed by atoms with Gasteiger partial charge < -0.3 is 9.73 Å². The molecule has 20 heavy (non-hydrogen) atoms. The number of halogens is 1. The van der Waals surface area contributed by atoms with E-state index in [9.17, 15) is 9.59 Å². The molecule has 2 heterocycles. The Bertz CT molecular complexity index is 707. The number of furan rings is 1. The summed E-state index contributed by atoms with van der Waals surface area (Å²) in [7, 11) is 0. The predicted octanol–water partition coefficient (Wildman–Crippen LogP) is 3.03. The summed E-state index contributed by atoms with van der Waals surface area (Å²) in [6.45, 7) is 0. The van der Waals surface area contributed by atoms with Crippen molar-refractivity contribution in [3.05, 3.63) is 59.1 Å². The highest BCUT2D eigenvalue weighted by atomic mass is 35.5. The van der Waals surface area contributed by atoms with Crippen molar-refractivity contribution in [1.29, 1.82) is 0 Å². The first-order valence-electron chi connectivity index (χ1n) is 5.80. The van der Waals surface area contributed by atoms with E-state index in [0.29, 0.717) is 16.3 Å². The number of nitrogens with one attached hydrogen (secondary N) is 1. The first-order valence-corrected chi connectivity index (χ1v) is 6.18. The molecule has 1 aliphatic rings. The monoisotopic (exact) mass is 288 g/mol. The molecule has 0 bridgehead atoms. The summed E-state index contributed by atoms with van der Waals surface area (Å²) in [5.41, 5.74) is 1.31. The molecule has 1 aromatic carbocycles. The summed E-state index contributed by atoms with van der Waals surface area (Å²) in [5.74, 6) is -0.432. The average Bonchev–Trinajstić information content (AvgIpc) is 2.99. The zero-order valence-electron chi connectivity index (χ0n) is 10.2. The SMILES string of the molecule is O=C1N/C(=C/c2ccoc2)C(=O)N1c1cccc(Cl)c1. The lowest BCUT2D eigenvalue weighted by molar-refractivity contribution is -0.113. The number of hydrogen-bond donors (Lipinski definition) is 1. The highest BCUT2D eigenvalue weighted by Gasteiger charge is 2.34. The summed E-state index contributed by atoms with van der Waals surface area (Å²) >= 11 is 5.87. The minimum absolute atomic E-state index is 0.191. The maximum Gasteiger partial charge on any atom is 0.333 e. The van der Waals surface area contributed by atoms with Gasteiger partial charge in [-0.3, -0.25) is 4.79 Å². The highest BCUT2D eigenvalue weighted by Crippen LogP contribution is 2.24. The molecule has 1 fully saturated rings. The van der Waals surface area contributed by atoms with E-state index in [1.807, 2.05) is 0 Å². The van der Waals surface area contributed by atoms with Crippen LogP contribution >= 0.6 is 11.6 Å². The molecule has 2 aromatic rings. The number of imide groups is 1. The maximum atomic E-state index is 12.3. The van der Waals surface area contributed by atoms with Crippen LogP contribution in [0, 0.1) is 0 Å². The second-order valence-electron chi connectivity index (χ2n) is 4.17. The van der Waals surface area contributed by atoms with Gasteiger partial charge in [0.1, 0.15) is 5.70 Å². The van der Waals surface area contributed by atoms with E-state index in [1.54, 1.807) is 36.4 Å². The zero-order valence-corrected chi connectivity index (χ0v) is 10.9. The largest absolute Gasteiger partial charge is 0.472 e. The van der Waals surface area contributed by atoms with Crippen LogP contribution in [0.25, 0.3) is 6.08 Å². The van der Waals surface area contributed by atoms with Gasteiger partial charge in [0, 0.05) is 10.6 Å². The van der Waals surface area contributed by atoms with Crippen LogP contribution in [0.3, 0.4) is 0 Å². The van der Waals surface area contributed by atoms with Gasteiger partial charge in [-0.05, 0) is 30.3 Å². The Balaban J connectivity index is 1.95. The Hall–Kier alpha value is -2.53. The van der Waals surface area contributed by atoms with E-state index in [-0.39, 0.29) is 5.70 Å². The van der Waals surface area contributed by atoms with Crippen LogP contribution in [0.4, 0.5) is 10.5 Å². The molecule has 1 saturated heterocycles. The number of urea groups is 1. The topological polar surface area (TPSA) is 62.6 Å². The number of hydrogen-bond acceptors (Lipinski definition) is 3. The summed E-state index contributed by atoms with van der Waals surface area (Å²) in [4.78, 5) is 25.2. The van der Waals surface area contributed by atoms with E-state index in [0.717, 1.165) is 4.90 Å². The van der Waals surface area contributed by atoms with Gasteiger partial charge in [0.2, 0.25) is 0 Å². The van der Waals surface area contributed by atoms with E-state index < -0.39 is 11.9 Å². The van der Waals surface area contributed by atoms with Gasteiger partial charge in [-0.2, -0.15) is 0 Å². The number of rotatable bonds is 2. The van der Waals surface area contributed by atoms with E-state index in [1.165, 1.54) is 12.5 Å². The van der Waals surface area contributed by atoms with Gasteiger partial charge in [-0.25, -0.2) is 9.69 Å². The van der Waals surface area contributed by atoms with Crippen LogP contribution in [0.2, 0.25) is 5.02 Å². The molecule has 100 valence electrons. The first-order chi connectivity index (χ1) is 9.65. The maximum absolute atomic E-state index is 12.3. The predicted molar refractivity (Wildman–Crippen MR) is 74.2 cm³/mol. The molecule has 0 spiro atoms. The second kappa shape index (κ2) is 4.86. The summed E-state index contributed by atoms with van der Waals surface area (Å²) in [6, 6.07) is 7.73. The van der Waals surface area contributed by atoms with Crippen LogP contribution < -0.4 is 10.2 Å². The molecular formula is C14H9ClN2O3. The third-order valence-corrected chi connectivity index (χ3v) is 3.03. The molecule has 0 atom stereocenters. The van der Waals surface area contributed by atoms with Gasteiger partial charge in [0.25, 0.3) is 5.91 Å². The summed E-state index contributed by atoms with van der Waals surface area (Å²) in [5, 5.41) is 2.98. The van der Waals surface area contributed by atoms with Crippen LogP contribution in [0.5, 0.6) is 0 Å². The zero-order chi connectivity index (χ0) is 14.1. The Morgan fingerprint density at radius 3 is 2.80 bits per heavy atom. The van der Waals surface area contributed by atoms with Crippen LogP contribution in [0.15, 0.2) is 53.0 Å². The first kappa shape index (κ1) is 12.5. The normalized spacial score (nSPS) is 16.9. The van der Waals surface area contributed by atoms with Crippen molar-refractivity contribution in [2.75, 3.05) is 4.90 Å². The molecule has 3 rings (SSSR count). The molecule has 1 aliphatic heterocycles. The molecule has 1 aromatic heterocycles. The van der Waals surface area contributed by atoms with E-state index in [4.69, 9.17) is 16.0 Å². The molecule has 0 aliphatic carbocycles. The Labute approximate surface area is 119 Å². The smallest absolute Gasteiger partial charge is 0.333 e. The van der Waals surface area contributed by atoms with Crippen molar-refractivity contribution in [3.63, 3.8) is 0 Å². The molecule has 1 N–H and O–H groups in total. The fourth-order valence-corrected chi connectivity index (χ4v) is 2.09. The van der Waals surface area contributed by atoms with Crippen LogP contribution in [0.1, 0.15) is 5.56 Å². The van der Waals surface area contributed by atoms with Gasteiger partial charge in [-0.15, -0.1) is 0 Å². The van der Waals surface area contributed by atoms with Crippen molar-refractivity contribution >= 4 is 35.3 Å².